The molecule has 1 aliphatic rings. The lowest BCUT2D eigenvalue weighted by atomic mass is 9.96. The van der Waals surface area contributed by atoms with Gasteiger partial charge in [-0.3, -0.25) is 4.90 Å². The van der Waals surface area contributed by atoms with Gasteiger partial charge >= 0.3 is 0 Å². The van der Waals surface area contributed by atoms with Gasteiger partial charge in [0, 0.05) is 19.6 Å². The second-order valence-electron chi connectivity index (χ2n) is 4.98. The number of nitrogens with zero attached hydrogens (tertiary/aromatic N) is 2. The Morgan fingerprint density at radius 2 is 2.33 bits per heavy atom. The second kappa shape index (κ2) is 5.47. The Balaban J connectivity index is 2.10. The summed E-state index contributed by atoms with van der Waals surface area (Å²) < 4.78 is 13.2. The number of aliphatic hydroxyl groups is 1. The molecule has 18 heavy (non-hydrogen) atoms. The number of hydrogen-bond donors (Lipinski definition) is 1. The summed E-state index contributed by atoms with van der Waals surface area (Å²) in [7, 11) is 0. The molecule has 1 aromatic rings. The Kier molecular flexibility index (Phi) is 3.95. The molecule has 0 saturated carbocycles. The maximum absolute atomic E-state index is 13.2. The van der Waals surface area contributed by atoms with E-state index in [-0.39, 0.29) is 17.8 Å². The second-order valence-corrected chi connectivity index (χ2v) is 4.98. The fourth-order valence-corrected chi connectivity index (χ4v) is 2.41. The van der Waals surface area contributed by atoms with E-state index >= 15 is 0 Å². The van der Waals surface area contributed by atoms with Crippen LogP contribution in [0.1, 0.15) is 24.5 Å². The van der Waals surface area contributed by atoms with E-state index in [2.05, 4.69) is 11.0 Å². The molecule has 2 rings (SSSR count). The van der Waals surface area contributed by atoms with Crippen LogP contribution >= 0.6 is 0 Å². The van der Waals surface area contributed by atoms with E-state index < -0.39 is 0 Å². The third-order valence-corrected chi connectivity index (χ3v) is 3.53. The highest BCUT2D eigenvalue weighted by Gasteiger charge is 2.24. The van der Waals surface area contributed by atoms with Crippen molar-refractivity contribution in [2.45, 2.75) is 26.0 Å². The molecular formula is C14H17FN2O. The summed E-state index contributed by atoms with van der Waals surface area (Å²) in [6, 6.07) is 6.35. The van der Waals surface area contributed by atoms with Crippen molar-refractivity contribution in [1.29, 1.82) is 5.26 Å². The van der Waals surface area contributed by atoms with Gasteiger partial charge < -0.3 is 5.11 Å². The van der Waals surface area contributed by atoms with E-state index in [9.17, 15) is 9.50 Å². The number of likely N-dealkylation sites (tertiary alicyclic amines) is 1. The van der Waals surface area contributed by atoms with E-state index in [1.54, 1.807) is 0 Å². The van der Waals surface area contributed by atoms with Crippen molar-refractivity contribution in [3.8, 4) is 6.07 Å². The Labute approximate surface area is 106 Å². The largest absolute Gasteiger partial charge is 0.393 e. The first kappa shape index (κ1) is 13.0. The molecule has 0 bridgehead atoms. The van der Waals surface area contributed by atoms with E-state index in [4.69, 9.17) is 5.26 Å². The molecule has 3 nitrogen and oxygen atoms in total. The van der Waals surface area contributed by atoms with Crippen LogP contribution < -0.4 is 0 Å². The van der Waals surface area contributed by atoms with Crippen molar-refractivity contribution in [1.82, 2.24) is 4.90 Å². The van der Waals surface area contributed by atoms with Crippen LogP contribution in [0.3, 0.4) is 0 Å². The summed E-state index contributed by atoms with van der Waals surface area (Å²) in [4.78, 5) is 2.16. The molecule has 96 valence electrons. The third-order valence-electron chi connectivity index (χ3n) is 3.53. The lowest BCUT2D eigenvalue weighted by Gasteiger charge is -2.34. The van der Waals surface area contributed by atoms with Gasteiger partial charge in [0.25, 0.3) is 0 Å². The van der Waals surface area contributed by atoms with Gasteiger partial charge in [-0.1, -0.05) is 6.92 Å². The molecule has 0 spiro atoms. The smallest absolute Gasteiger partial charge is 0.123 e. The van der Waals surface area contributed by atoms with E-state index in [0.717, 1.165) is 25.1 Å². The van der Waals surface area contributed by atoms with Gasteiger partial charge in [0.15, 0.2) is 0 Å². The van der Waals surface area contributed by atoms with Crippen molar-refractivity contribution in [2.75, 3.05) is 13.1 Å². The lowest BCUT2D eigenvalue weighted by Crippen LogP contribution is -2.41. The summed E-state index contributed by atoms with van der Waals surface area (Å²) in [5, 5.41) is 18.7. The Morgan fingerprint density at radius 3 is 3.00 bits per heavy atom. The SMILES string of the molecule is CC1CN(Cc2cc(F)ccc2C#N)CCC1O. The predicted molar refractivity (Wildman–Crippen MR) is 66.2 cm³/mol. The lowest BCUT2D eigenvalue weighted by molar-refractivity contribution is 0.0319. The first-order valence-electron chi connectivity index (χ1n) is 6.19. The van der Waals surface area contributed by atoms with Gasteiger partial charge in [-0.2, -0.15) is 5.26 Å². The molecule has 1 N–H and O–H groups in total. The summed E-state index contributed by atoms with van der Waals surface area (Å²) in [6.07, 6.45) is 0.488. The topological polar surface area (TPSA) is 47.3 Å². The quantitative estimate of drug-likeness (QED) is 0.869. The fraction of sp³-hybridized carbons (Fsp3) is 0.500. The van der Waals surface area contributed by atoms with E-state index in [0.29, 0.717) is 12.1 Å². The number of rotatable bonds is 2. The normalized spacial score (nSPS) is 24.8. The highest BCUT2D eigenvalue weighted by Crippen LogP contribution is 2.20. The van der Waals surface area contributed by atoms with Crippen LogP contribution in [0.25, 0.3) is 0 Å². The molecule has 1 heterocycles. The molecule has 2 atom stereocenters. The van der Waals surface area contributed by atoms with Crippen LogP contribution in [0.2, 0.25) is 0 Å². The third kappa shape index (κ3) is 2.87. The van der Waals surface area contributed by atoms with E-state index in [1.165, 1.54) is 18.2 Å². The molecule has 4 heteroatoms. The van der Waals surface area contributed by atoms with Crippen LogP contribution in [0, 0.1) is 23.1 Å². The van der Waals surface area contributed by atoms with Crippen LogP contribution in [-0.4, -0.2) is 29.2 Å². The molecule has 0 aromatic heterocycles. The Morgan fingerprint density at radius 1 is 1.56 bits per heavy atom. The molecule has 1 saturated heterocycles. The van der Waals surface area contributed by atoms with Crippen molar-refractivity contribution in [3.63, 3.8) is 0 Å². The zero-order chi connectivity index (χ0) is 13.1. The number of nitriles is 1. The molecule has 0 aliphatic carbocycles. The maximum Gasteiger partial charge on any atom is 0.123 e. The monoisotopic (exact) mass is 248 g/mol. The zero-order valence-corrected chi connectivity index (χ0v) is 10.4. The minimum absolute atomic E-state index is 0.220. The van der Waals surface area contributed by atoms with Gasteiger partial charge in [-0.25, -0.2) is 4.39 Å². The Bertz CT molecular complexity index is 469. The van der Waals surface area contributed by atoms with Crippen LogP contribution in [0.5, 0.6) is 0 Å². The van der Waals surface area contributed by atoms with Gasteiger partial charge in [-0.05, 0) is 36.1 Å². The van der Waals surface area contributed by atoms with Gasteiger partial charge in [0.2, 0.25) is 0 Å². The molecule has 1 fully saturated rings. The standard InChI is InChI=1S/C14H17FN2O/c1-10-8-17(5-4-14(10)18)9-12-6-13(15)3-2-11(12)7-16/h2-3,6,10,14,18H,4-5,8-9H2,1H3. The van der Waals surface area contributed by atoms with E-state index in [1.807, 2.05) is 6.92 Å². The van der Waals surface area contributed by atoms with Gasteiger partial charge in [0.05, 0.1) is 17.7 Å². The summed E-state index contributed by atoms with van der Waals surface area (Å²) in [5.41, 5.74) is 1.25. The van der Waals surface area contributed by atoms with Crippen molar-refractivity contribution in [2.24, 2.45) is 5.92 Å². The van der Waals surface area contributed by atoms with Crippen LogP contribution in [0.15, 0.2) is 18.2 Å². The highest BCUT2D eigenvalue weighted by molar-refractivity contribution is 5.37. The number of benzene rings is 1. The number of halogens is 1. The molecule has 2 unspecified atom stereocenters. The molecular weight excluding hydrogens is 231 g/mol. The average molecular weight is 248 g/mol. The number of piperidine rings is 1. The summed E-state index contributed by atoms with van der Waals surface area (Å²) in [6.45, 7) is 4.14. The van der Waals surface area contributed by atoms with Gasteiger partial charge in [0.1, 0.15) is 5.82 Å². The summed E-state index contributed by atoms with van der Waals surface area (Å²) >= 11 is 0. The minimum atomic E-state index is -0.311. The first-order chi connectivity index (χ1) is 8.60. The molecule has 1 aliphatic heterocycles. The number of hydrogen-bond acceptors (Lipinski definition) is 3. The predicted octanol–water partition coefficient (Wildman–Crippen LogP) is 1.90. The molecule has 0 radical (unpaired) electrons. The van der Waals surface area contributed by atoms with Crippen molar-refractivity contribution < 1.29 is 9.50 Å². The first-order valence-corrected chi connectivity index (χ1v) is 6.19. The highest BCUT2D eigenvalue weighted by atomic mass is 19.1. The molecule has 1 aromatic carbocycles. The van der Waals surface area contributed by atoms with Crippen LogP contribution in [-0.2, 0) is 6.54 Å². The fourth-order valence-electron chi connectivity index (χ4n) is 2.41. The zero-order valence-electron chi connectivity index (χ0n) is 10.4. The maximum atomic E-state index is 13.2. The molecule has 0 amide bonds. The average Bonchev–Trinajstić information content (AvgIpc) is 2.34. The van der Waals surface area contributed by atoms with Crippen molar-refractivity contribution in [3.05, 3.63) is 35.1 Å². The minimum Gasteiger partial charge on any atom is -0.393 e. The van der Waals surface area contributed by atoms with Gasteiger partial charge in [-0.15, -0.1) is 0 Å². The number of aliphatic hydroxyl groups excluding tert-OH is 1. The summed E-state index contributed by atoms with van der Waals surface area (Å²) in [5.74, 6) is -0.0908. The van der Waals surface area contributed by atoms with Crippen LogP contribution in [0.4, 0.5) is 4.39 Å². The Hall–Kier alpha value is -1.44. The van der Waals surface area contributed by atoms with Crippen molar-refractivity contribution >= 4 is 0 Å².